The van der Waals surface area contributed by atoms with Gasteiger partial charge < -0.3 is 14.8 Å². The van der Waals surface area contributed by atoms with Crippen molar-refractivity contribution >= 4 is 22.9 Å². The average molecular weight is 398 g/mol. The van der Waals surface area contributed by atoms with E-state index in [1.165, 1.54) is 0 Å². The van der Waals surface area contributed by atoms with E-state index in [9.17, 15) is 4.79 Å². The van der Waals surface area contributed by atoms with Gasteiger partial charge in [-0.15, -0.1) is 0 Å². The van der Waals surface area contributed by atoms with Crippen molar-refractivity contribution in [3.8, 4) is 0 Å². The Morgan fingerprint density at radius 1 is 1.31 bits per heavy atom. The fourth-order valence-corrected chi connectivity index (χ4v) is 3.78. The number of nitrogens with one attached hydrogen (secondary N) is 1. The summed E-state index contributed by atoms with van der Waals surface area (Å²) in [5.74, 6) is 1.68. The lowest BCUT2D eigenvalue weighted by Crippen LogP contribution is -2.35. The van der Waals surface area contributed by atoms with E-state index in [4.69, 9.17) is 9.61 Å². The predicted molar refractivity (Wildman–Crippen MR) is 107 cm³/mol. The third kappa shape index (κ3) is 3.66. The molecule has 1 fully saturated rings. The van der Waals surface area contributed by atoms with E-state index in [1.807, 2.05) is 6.92 Å². The number of hydrogen-bond donors (Lipinski definition) is 1. The summed E-state index contributed by atoms with van der Waals surface area (Å²) < 4.78 is 6.93. The fraction of sp³-hybridized carbons (Fsp3) is 0.579. The average Bonchev–Trinajstić information content (AvgIpc) is 3.34. The summed E-state index contributed by atoms with van der Waals surface area (Å²) >= 11 is 0. The second kappa shape index (κ2) is 7.09. The van der Waals surface area contributed by atoms with Gasteiger partial charge in [-0.05, 0) is 13.3 Å². The van der Waals surface area contributed by atoms with Gasteiger partial charge in [-0.25, -0.2) is 19.6 Å². The zero-order valence-electron chi connectivity index (χ0n) is 17.4. The first-order chi connectivity index (χ1) is 13.7. The molecule has 0 aromatic carbocycles. The Labute approximate surface area is 168 Å². The third-order valence-electron chi connectivity index (χ3n) is 5.13. The van der Waals surface area contributed by atoms with Gasteiger partial charge in [0.05, 0.1) is 6.54 Å². The minimum Gasteiger partial charge on any atom is -0.353 e. The van der Waals surface area contributed by atoms with Crippen LogP contribution >= 0.6 is 0 Å². The highest BCUT2D eigenvalue weighted by molar-refractivity contribution is 5.84. The van der Waals surface area contributed by atoms with Gasteiger partial charge in [0, 0.05) is 31.5 Å². The van der Waals surface area contributed by atoms with Gasteiger partial charge >= 0.3 is 0 Å². The molecule has 0 unspecified atom stereocenters. The van der Waals surface area contributed by atoms with Gasteiger partial charge in [0.2, 0.25) is 5.91 Å². The Hall–Kier alpha value is -3.04. The monoisotopic (exact) mass is 398 g/mol. The molecule has 3 aromatic heterocycles. The number of fused-ring (bicyclic) bond motifs is 1. The fourth-order valence-electron chi connectivity index (χ4n) is 3.78. The van der Waals surface area contributed by atoms with E-state index in [0.717, 1.165) is 47.2 Å². The Morgan fingerprint density at radius 3 is 2.76 bits per heavy atom. The van der Waals surface area contributed by atoms with Gasteiger partial charge in [0.1, 0.15) is 23.5 Å². The Morgan fingerprint density at radius 2 is 2.10 bits per heavy atom. The van der Waals surface area contributed by atoms with Crippen LogP contribution in [-0.4, -0.2) is 54.9 Å². The zero-order valence-corrected chi connectivity index (χ0v) is 17.4. The van der Waals surface area contributed by atoms with Gasteiger partial charge in [-0.1, -0.05) is 31.1 Å². The highest BCUT2D eigenvalue weighted by Crippen LogP contribution is 2.31. The van der Waals surface area contributed by atoms with Crippen LogP contribution in [0.4, 0.5) is 5.82 Å². The van der Waals surface area contributed by atoms with Crippen molar-refractivity contribution < 1.29 is 9.42 Å². The quantitative estimate of drug-likeness (QED) is 0.704. The number of nitrogens with zero attached hydrogens (tertiary/aromatic N) is 7. The molecule has 4 heterocycles. The van der Waals surface area contributed by atoms with E-state index in [1.54, 1.807) is 13.3 Å². The van der Waals surface area contributed by atoms with Crippen LogP contribution in [0.3, 0.4) is 0 Å². The second-order valence-corrected chi connectivity index (χ2v) is 8.57. The maximum atomic E-state index is 11.4. The van der Waals surface area contributed by atoms with E-state index in [0.29, 0.717) is 13.1 Å². The highest BCUT2D eigenvalue weighted by Gasteiger charge is 2.30. The molecule has 4 rings (SSSR count). The number of amides is 1. The molecule has 154 valence electrons. The molecule has 10 nitrogen and oxygen atoms in total. The number of rotatable bonds is 4. The van der Waals surface area contributed by atoms with Crippen molar-refractivity contribution in [2.75, 3.05) is 18.0 Å². The van der Waals surface area contributed by atoms with Gasteiger partial charge in [0.15, 0.2) is 17.0 Å². The number of imidazole rings is 1. The summed E-state index contributed by atoms with van der Waals surface area (Å²) in [6.45, 7) is 11.8. The summed E-state index contributed by atoms with van der Waals surface area (Å²) in [4.78, 5) is 27.6. The minimum absolute atomic E-state index is 0.0134. The molecule has 1 atom stereocenters. The molecule has 3 aromatic rings. The third-order valence-corrected chi connectivity index (χ3v) is 5.13. The number of aryl methyl sites for hydroxylation is 1. The number of carbonyl (C=O) groups excluding carboxylic acids is 1. The van der Waals surface area contributed by atoms with E-state index >= 15 is 0 Å². The molecule has 10 heteroatoms. The molecule has 1 aliphatic rings. The summed E-state index contributed by atoms with van der Waals surface area (Å²) in [7, 11) is 0. The molecule has 0 bridgehead atoms. The Balaban J connectivity index is 1.77. The van der Waals surface area contributed by atoms with E-state index in [2.05, 4.69) is 55.8 Å². The number of carbonyl (C=O) groups is 1. The first-order valence-corrected chi connectivity index (χ1v) is 9.76. The molecular formula is C19H26N8O2. The van der Waals surface area contributed by atoms with E-state index < -0.39 is 0 Å². The summed E-state index contributed by atoms with van der Waals surface area (Å²) in [5, 5.41) is 10.9. The van der Waals surface area contributed by atoms with Crippen LogP contribution in [-0.2, 0) is 16.8 Å². The van der Waals surface area contributed by atoms with Crippen molar-refractivity contribution in [1.82, 2.24) is 35.1 Å². The van der Waals surface area contributed by atoms with Crippen molar-refractivity contribution in [2.45, 2.75) is 59.0 Å². The molecule has 1 aliphatic heterocycles. The lowest BCUT2D eigenvalue weighted by molar-refractivity contribution is -0.119. The van der Waals surface area contributed by atoms with Crippen LogP contribution in [0.15, 0.2) is 11.0 Å². The molecule has 1 saturated heterocycles. The summed E-state index contributed by atoms with van der Waals surface area (Å²) in [5.41, 5.74) is 2.81. The van der Waals surface area contributed by atoms with Gasteiger partial charge in [0.25, 0.3) is 0 Å². The van der Waals surface area contributed by atoms with Crippen LogP contribution in [0.5, 0.6) is 0 Å². The Bertz CT molecular complexity index is 1050. The first-order valence-electron chi connectivity index (χ1n) is 9.76. The van der Waals surface area contributed by atoms with Crippen molar-refractivity contribution in [2.24, 2.45) is 0 Å². The predicted octanol–water partition coefficient (Wildman–Crippen LogP) is 1.58. The number of aromatic nitrogens is 6. The first kappa shape index (κ1) is 19.3. The second-order valence-electron chi connectivity index (χ2n) is 8.57. The van der Waals surface area contributed by atoms with E-state index in [-0.39, 0.29) is 17.4 Å². The van der Waals surface area contributed by atoms with Crippen molar-refractivity contribution in [1.29, 1.82) is 0 Å². The SMILES string of the molecule is CC(=O)N[C@H]1CCN(c2ncnc3c2nc(C(C)(C)C)n3Cc2nonc2C)C1. The number of hydrogen-bond acceptors (Lipinski definition) is 8. The molecule has 1 N–H and O–H groups in total. The molecule has 0 spiro atoms. The maximum absolute atomic E-state index is 11.4. The molecule has 29 heavy (non-hydrogen) atoms. The van der Waals surface area contributed by atoms with Gasteiger partial charge in [-0.3, -0.25) is 4.79 Å². The van der Waals surface area contributed by atoms with Crippen molar-refractivity contribution in [3.05, 3.63) is 23.5 Å². The molecule has 0 saturated carbocycles. The van der Waals surface area contributed by atoms with Crippen LogP contribution in [0.25, 0.3) is 11.2 Å². The standard InChI is InChI=1S/C19H26N8O2/c1-11-14(25-29-24-11)9-27-17-15(23-18(27)19(3,4)5)16(20-10-21-17)26-7-6-13(8-26)22-12(2)28/h10,13H,6-9H2,1-5H3,(H,22,28)/t13-/m0/s1. The molecule has 0 aliphatic carbocycles. The molecule has 1 amide bonds. The van der Waals surface area contributed by atoms with Crippen LogP contribution < -0.4 is 10.2 Å². The van der Waals surface area contributed by atoms with Crippen LogP contribution in [0.2, 0.25) is 0 Å². The largest absolute Gasteiger partial charge is 0.353 e. The molecule has 0 radical (unpaired) electrons. The number of anilines is 1. The van der Waals surface area contributed by atoms with Crippen molar-refractivity contribution in [3.63, 3.8) is 0 Å². The topological polar surface area (TPSA) is 115 Å². The van der Waals surface area contributed by atoms with Gasteiger partial charge in [-0.2, -0.15) is 0 Å². The lowest BCUT2D eigenvalue weighted by Gasteiger charge is -2.19. The Kier molecular flexibility index (Phi) is 4.71. The maximum Gasteiger partial charge on any atom is 0.217 e. The lowest BCUT2D eigenvalue weighted by atomic mass is 9.95. The minimum atomic E-state index is -0.202. The highest BCUT2D eigenvalue weighted by atomic mass is 16.6. The summed E-state index contributed by atoms with van der Waals surface area (Å²) in [6, 6.07) is 0.116. The smallest absolute Gasteiger partial charge is 0.217 e. The normalized spacial score (nSPS) is 17.3. The van der Waals surface area contributed by atoms with Crippen LogP contribution in [0.1, 0.15) is 51.3 Å². The van der Waals surface area contributed by atoms with Crippen LogP contribution in [0, 0.1) is 6.92 Å². The summed E-state index contributed by atoms with van der Waals surface area (Å²) in [6.07, 6.45) is 2.45. The molecular weight excluding hydrogens is 372 g/mol. The zero-order chi connectivity index (χ0) is 20.8.